The Balaban J connectivity index is 2.04. The molecule has 0 fully saturated rings. The van der Waals surface area contributed by atoms with Crippen LogP contribution in [0.3, 0.4) is 0 Å². The summed E-state index contributed by atoms with van der Waals surface area (Å²) in [5, 5.41) is 24.2. The predicted octanol–water partition coefficient (Wildman–Crippen LogP) is 2.81. The van der Waals surface area contributed by atoms with Crippen molar-refractivity contribution in [2.24, 2.45) is 0 Å². The second-order valence-electron chi connectivity index (χ2n) is 5.88. The van der Waals surface area contributed by atoms with Gasteiger partial charge in [0, 0.05) is 17.8 Å². The summed E-state index contributed by atoms with van der Waals surface area (Å²) in [6, 6.07) is 10.8. The fraction of sp³-hybridized carbons (Fsp3) is 0.389. The molecule has 3 N–H and O–H groups in total. The molecule has 1 heterocycles. The Kier molecular flexibility index (Phi) is 5.87. The molecule has 0 atom stereocenters. The first-order valence-corrected chi connectivity index (χ1v) is 8.14. The van der Waals surface area contributed by atoms with E-state index in [1.54, 1.807) is 18.2 Å². The van der Waals surface area contributed by atoms with Crippen molar-refractivity contribution in [3.63, 3.8) is 0 Å². The molecule has 0 saturated heterocycles. The van der Waals surface area contributed by atoms with Crippen LogP contribution in [-0.2, 0) is 0 Å². The Morgan fingerprint density at radius 2 is 1.92 bits per heavy atom. The number of hydrogen-bond donors (Lipinski definition) is 3. The fourth-order valence-corrected chi connectivity index (χ4v) is 2.20. The number of carbonyl (C=O) groups is 1. The third kappa shape index (κ3) is 4.76. The van der Waals surface area contributed by atoms with E-state index < -0.39 is 5.60 Å². The molecule has 2 aromatic rings. The van der Waals surface area contributed by atoms with Crippen molar-refractivity contribution in [1.29, 1.82) is 0 Å². The molecule has 0 aliphatic rings. The Morgan fingerprint density at radius 3 is 2.54 bits per heavy atom. The number of nitrogens with zero attached hydrogens (tertiary/aromatic N) is 2. The third-order valence-corrected chi connectivity index (χ3v) is 4.09. The molecular weight excluding hydrogens is 304 g/mol. The molecule has 0 aliphatic carbocycles. The van der Waals surface area contributed by atoms with Crippen LogP contribution in [0.1, 0.15) is 42.7 Å². The number of aromatic nitrogens is 2. The molecule has 1 aromatic carbocycles. The zero-order chi connectivity index (χ0) is 17.6. The monoisotopic (exact) mass is 328 g/mol. The zero-order valence-corrected chi connectivity index (χ0v) is 14.3. The maximum atomic E-state index is 12.3. The average molecular weight is 328 g/mol. The third-order valence-electron chi connectivity index (χ3n) is 4.09. The highest BCUT2D eigenvalue weighted by molar-refractivity contribution is 5.95. The van der Waals surface area contributed by atoms with Crippen LogP contribution >= 0.6 is 0 Å². The second-order valence-corrected chi connectivity index (χ2v) is 5.88. The SMILES string of the molecule is CCC(O)(CC)CNC(=O)c1cccc(Nc2ccc(C)nn2)c1. The first kappa shape index (κ1) is 17.9. The minimum absolute atomic E-state index is 0.214. The standard InChI is InChI=1S/C18H24N4O2/c1-4-18(24,5-2)12-19-17(23)14-7-6-8-15(11-14)20-16-10-9-13(3)21-22-16/h6-11,24H,4-5,12H2,1-3H3,(H,19,23)(H,20,22). The van der Waals surface area contributed by atoms with E-state index in [-0.39, 0.29) is 12.5 Å². The molecule has 2 rings (SSSR count). The van der Waals surface area contributed by atoms with E-state index in [2.05, 4.69) is 20.8 Å². The van der Waals surface area contributed by atoms with Gasteiger partial charge in [0.25, 0.3) is 5.91 Å². The number of aliphatic hydroxyl groups is 1. The van der Waals surface area contributed by atoms with Gasteiger partial charge in [-0.1, -0.05) is 19.9 Å². The lowest BCUT2D eigenvalue weighted by atomic mass is 9.97. The first-order chi connectivity index (χ1) is 11.5. The zero-order valence-electron chi connectivity index (χ0n) is 14.3. The van der Waals surface area contributed by atoms with Gasteiger partial charge in [-0.3, -0.25) is 4.79 Å². The van der Waals surface area contributed by atoms with Crippen LogP contribution in [-0.4, -0.2) is 33.4 Å². The predicted molar refractivity (Wildman–Crippen MR) is 94.4 cm³/mol. The van der Waals surface area contributed by atoms with Crippen molar-refractivity contribution >= 4 is 17.4 Å². The van der Waals surface area contributed by atoms with Crippen molar-refractivity contribution in [2.75, 3.05) is 11.9 Å². The Bertz CT molecular complexity index is 682. The number of hydrogen-bond acceptors (Lipinski definition) is 5. The van der Waals surface area contributed by atoms with Gasteiger partial charge < -0.3 is 15.7 Å². The van der Waals surface area contributed by atoms with Crippen molar-refractivity contribution < 1.29 is 9.90 Å². The van der Waals surface area contributed by atoms with Crippen LogP contribution in [0.25, 0.3) is 0 Å². The summed E-state index contributed by atoms with van der Waals surface area (Å²) in [5.74, 6) is 0.401. The molecule has 24 heavy (non-hydrogen) atoms. The second kappa shape index (κ2) is 7.88. The topological polar surface area (TPSA) is 87.1 Å². The largest absolute Gasteiger partial charge is 0.388 e. The number of carbonyl (C=O) groups excluding carboxylic acids is 1. The summed E-state index contributed by atoms with van der Waals surface area (Å²) >= 11 is 0. The van der Waals surface area contributed by atoms with Gasteiger partial charge in [-0.05, 0) is 50.1 Å². The van der Waals surface area contributed by atoms with Crippen molar-refractivity contribution in [2.45, 2.75) is 39.2 Å². The molecule has 1 aromatic heterocycles. The highest BCUT2D eigenvalue weighted by atomic mass is 16.3. The number of nitrogens with one attached hydrogen (secondary N) is 2. The summed E-state index contributed by atoms with van der Waals surface area (Å²) in [7, 11) is 0. The van der Waals surface area contributed by atoms with Gasteiger partial charge in [0.2, 0.25) is 0 Å². The molecular formula is C18H24N4O2. The van der Waals surface area contributed by atoms with E-state index in [0.29, 0.717) is 24.2 Å². The lowest BCUT2D eigenvalue weighted by molar-refractivity contribution is 0.0314. The maximum absolute atomic E-state index is 12.3. The Hall–Kier alpha value is -2.47. The van der Waals surface area contributed by atoms with Gasteiger partial charge in [0.05, 0.1) is 11.3 Å². The molecule has 0 radical (unpaired) electrons. The number of amides is 1. The Labute approximate surface area is 142 Å². The van der Waals surface area contributed by atoms with Crippen LogP contribution < -0.4 is 10.6 Å². The summed E-state index contributed by atoms with van der Waals surface area (Å²) in [6.45, 7) is 5.92. The van der Waals surface area contributed by atoms with E-state index >= 15 is 0 Å². The van der Waals surface area contributed by atoms with E-state index in [4.69, 9.17) is 0 Å². The number of aryl methyl sites for hydroxylation is 1. The van der Waals surface area contributed by atoms with Crippen LogP contribution in [0.5, 0.6) is 0 Å². The molecule has 0 spiro atoms. The van der Waals surface area contributed by atoms with Crippen molar-refractivity contribution in [3.05, 3.63) is 47.7 Å². The van der Waals surface area contributed by atoms with Crippen molar-refractivity contribution in [1.82, 2.24) is 15.5 Å². The normalized spacial score (nSPS) is 11.2. The summed E-state index contributed by atoms with van der Waals surface area (Å²) < 4.78 is 0. The molecule has 6 nitrogen and oxygen atoms in total. The van der Waals surface area contributed by atoms with Crippen LogP contribution in [0.15, 0.2) is 36.4 Å². The summed E-state index contributed by atoms with van der Waals surface area (Å²) in [5.41, 5.74) is 1.26. The minimum atomic E-state index is -0.858. The number of rotatable bonds is 7. The first-order valence-electron chi connectivity index (χ1n) is 8.14. The molecule has 0 aliphatic heterocycles. The molecule has 0 unspecified atom stereocenters. The molecule has 0 saturated carbocycles. The van der Waals surface area contributed by atoms with Gasteiger partial charge in [0.1, 0.15) is 0 Å². The van der Waals surface area contributed by atoms with Crippen LogP contribution in [0, 0.1) is 6.92 Å². The lowest BCUT2D eigenvalue weighted by Gasteiger charge is -2.25. The van der Waals surface area contributed by atoms with Gasteiger partial charge in [0.15, 0.2) is 5.82 Å². The van der Waals surface area contributed by atoms with E-state index in [0.717, 1.165) is 11.4 Å². The smallest absolute Gasteiger partial charge is 0.251 e. The van der Waals surface area contributed by atoms with Crippen LogP contribution in [0.4, 0.5) is 11.5 Å². The van der Waals surface area contributed by atoms with Gasteiger partial charge >= 0.3 is 0 Å². The summed E-state index contributed by atoms with van der Waals surface area (Å²) in [4.78, 5) is 12.3. The van der Waals surface area contributed by atoms with E-state index in [1.165, 1.54) is 0 Å². The van der Waals surface area contributed by atoms with Gasteiger partial charge in [-0.2, -0.15) is 5.10 Å². The molecule has 128 valence electrons. The van der Waals surface area contributed by atoms with Crippen LogP contribution in [0.2, 0.25) is 0 Å². The minimum Gasteiger partial charge on any atom is -0.388 e. The molecule has 0 bridgehead atoms. The lowest BCUT2D eigenvalue weighted by Crippen LogP contribution is -2.42. The van der Waals surface area contributed by atoms with Crippen molar-refractivity contribution in [3.8, 4) is 0 Å². The van der Waals surface area contributed by atoms with Gasteiger partial charge in [-0.15, -0.1) is 5.10 Å². The van der Waals surface area contributed by atoms with Gasteiger partial charge in [-0.25, -0.2) is 0 Å². The summed E-state index contributed by atoms with van der Waals surface area (Å²) in [6.07, 6.45) is 1.19. The quantitative estimate of drug-likeness (QED) is 0.727. The highest BCUT2D eigenvalue weighted by Crippen LogP contribution is 2.17. The highest BCUT2D eigenvalue weighted by Gasteiger charge is 2.23. The average Bonchev–Trinajstić information content (AvgIpc) is 2.61. The Morgan fingerprint density at radius 1 is 1.17 bits per heavy atom. The van der Waals surface area contributed by atoms with E-state index in [1.807, 2.05) is 39.0 Å². The number of benzene rings is 1. The maximum Gasteiger partial charge on any atom is 0.251 e. The number of anilines is 2. The molecule has 6 heteroatoms. The molecule has 1 amide bonds. The fourth-order valence-electron chi connectivity index (χ4n) is 2.20. The van der Waals surface area contributed by atoms with E-state index in [9.17, 15) is 9.90 Å².